The van der Waals surface area contributed by atoms with E-state index in [1.54, 1.807) is 0 Å². The van der Waals surface area contributed by atoms with E-state index in [1.807, 2.05) is 12.3 Å². The van der Waals surface area contributed by atoms with Crippen LogP contribution in [0.2, 0.25) is 0 Å². The smallest absolute Gasteiger partial charge is 0.145 e. The molecule has 2 heterocycles. The molecule has 0 amide bonds. The topological polar surface area (TPSA) is 41.1 Å². The average Bonchev–Trinajstić information content (AvgIpc) is 2.38. The summed E-state index contributed by atoms with van der Waals surface area (Å²) in [7, 11) is 0. The van der Waals surface area contributed by atoms with Crippen LogP contribution in [0.4, 0.5) is 0 Å². The molecule has 1 atom stereocenters. The molecule has 0 saturated carbocycles. The first-order chi connectivity index (χ1) is 8.48. The van der Waals surface area contributed by atoms with Crippen LogP contribution in [0.15, 0.2) is 12.3 Å². The lowest BCUT2D eigenvalue weighted by molar-refractivity contribution is 0.178. The van der Waals surface area contributed by atoms with Gasteiger partial charge in [0.05, 0.1) is 6.04 Å². The van der Waals surface area contributed by atoms with Crippen molar-refractivity contribution in [2.45, 2.75) is 39.2 Å². The summed E-state index contributed by atoms with van der Waals surface area (Å²) in [5, 5.41) is 3.37. The number of piperazine rings is 1. The van der Waals surface area contributed by atoms with E-state index < -0.39 is 0 Å². The van der Waals surface area contributed by atoms with Gasteiger partial charge < -0.3 is 5.32 Å². The molecule has 0 aliphatic carbocycles. The zero-order valence-electron chi connectivity index (χ0n) is 11.9. The van der Waals surface area contributed by atoms with Gasteiger partial charge in [-0.25, -0.2) is 9.97 Å². The van der Waals surface area contributed by atoms with Gasteiger partial charge in [0.15, 0.2) is 0 Å². The quantitative estimate of drug-likeness (QED) is 0.865. The summed E-state index contributed by atoms with van der Waals surface area (Å²) in [4.78, 5) is 11.6. The van der Waals surface area contributed by atoms with Crippen LogP contribution in [0.3, 0.4) is 0 Å². The van der Waals surface area contributed by atoms with Crippen molar-refractivity contribution in [2.24, 2.45) is 0 Å². The normalized spacial score (nSPS) is 19.8. The second kappa shape index (κ2) is 5.33. The van der Waals surface area contributed by atoms with Crippen molar-refractivity contribution in [3.05, 3.63) is 23.8 Å². The molecule has 1 aromatic rings. The third-order valence-corrected chi connectivity index (χ3v) is 3.52. The minimum absolute atomic E-state index is 0.0842. The van der Waals surface area contributed by atoms with Gasteiger partial charge in [-0.05, 0) is 13.0 Å². The number of aromatic nitrogens is 2. The lowest BCUT2D eigenvalue weighted by atomic mass is 9.92. The van der Waals surface area contributed by atoms with Gasteiger partial charge in [-0.2, -0.15) is 0 Å². The van der Waals surface area contributed by atoms with Crippen LogP contribution in [-0.4, -0.2) is 41.0 Å². The summed E-state index contributed by atoms with van der Waals surface area (Å²) in [6.45, 7) is 13.0. The van der Waals surface area contributed by atoms with Gasteiger partial charge in [-0.1, -0.05) is 20.8 Å². The highest BCUT2D eigenvalue weighted by molar-refractivity contribution is 5.13. The van der Waals surface area contributed by atoms with Gasteiger partial charge in [0.25, 0.3) is 0 Å². The predicted molar refractivity (Wildman–Crippen MR) is 73.6 cm³/mol. The second-order valence-corrected chi connectivity index (χ2v) is 6.01. The van der Waals surface area contributed by atoms with E-state index in [2.05, 4.69) is 42.9 Å². The maximum absolute atomic E-state index is 4.75. The molecule has 1 aliphatic heterocycles. The molecule has 0 radical (unpaired) electrons. The SMILES string of the molecule is CC(c1nccc(C(C)(C)C)n1)N1CCNCC1. The fourth-order valence-corrected chi connectivity index (χ4v) is 2.23. The Labute approximate surface area is 110 Å². The predicted octanol–water partition coefficient (Wildman–Crippen LogP) is 1.74. The molecular weight excluding hydrogens is 224 g/mol. The third kappa shape index (κ3) is 3.06. The van der Waals surface area contributed by atoms with Crippen molar-refractivity contribution in [1.82, 2.24) is 20.2 Å². The first kappa shape index (κ1) is 13.4. The van der Waals surface area contributed by atoms with Gasteiger partial charge in [0.2, 0.25) is 0 Å². The molecule has 1 saturated heterocycles. The molecule has 1 aliphatic rings. The molecule has 1 unspecified atom stereocenters. The van der Waals surface area contributed by atoms with Gasteiger partial charge in [0, 0.05) is 43.5 Å². The van der Waals surface area contributed by atoms with Crippen LogP contribution in [0, 0.1) is 0 Å². The Morgan fingerprint density at radius 3 is 2.56 bits per heavy atom. The van der Waals surface area contributed by atoms with E-state index in [9.17, 15) is 0 Å². The molecule has 0 bridgehead atoms. The average molecular weight is 248 g/mol. The van der Waals surface area contributed by atoms with E-state index in [0.29, 0.717) is 6.04 Å². The van der Waals surface area contributed by atoms with E-state index in [0.717, 1.165) is 37.7 Å². The molecule has 100 valence electrons. The summed E-state index contributed by atoms with van der Waals surface area (Å²) < 4.78 is 0. The first-order valence-corrected chi connectivity index (χ1v) is 6.76. The molecule has 18 heavy (non-hydrogen) atoms. The molecule has 1 N–H and O–H groups in total. The minimum atomic E-state index is 0.0842. The fraction of sp³-hybridized carbons (Fsp3) is 0.714. The fourth-order valence-electron chi connectivity index (χ4n) is 2.23. The minimum Gasteiger partial charge on any atom is -0.314 e. The van der Waals surface area contributed by atoms with Crippen molar-refractivity contribution >= 4 is 0 Å². The molecule has 0 spiro atoms. The van der Waals surface area contributed by atoms with Crippen molar-refractivity contribution in [3.8, 4) is 0 Å². The van der Waals surface area contributed by atoms with Crippen molar-refractivity contribution in [1.29, 1.82) is 0 Å². The number of nitrogens with one attached hydrogen (secondary N) is 1. The third-order valence-electron chi connectivity index (χ3n) is 3.52. The molecule has 0 aromatic carbocycles. The Hall–Kier alpha value is -1.00. The van der Waals surface area contributed by atoms with Crippen LogP contribution in [0.1, 0.15) is 45.3 Å². The highest BCUT2D eigenvalue weighted by Gasteiger charge is 2.22. The maximum Gasteiger partial charge on any atom is 0.145 e. The van der Waals surface area contributed by atoms with Gasteiger partial charge >= 0.3 is 0 Å². The van der Waals surface area contributed by atoms with Crippen LogP contribution in [-0.2, 0) is 5.41 Å². The standard InChI is InChI=1S/C14H24N4/c1-11(18-9-7-15-8-10-18)13-16-6-5-12(17-13)14(2,3)4/h5-6,11,15H,7-10H2,1-4H3. The maximum atomic E-state index is 4.75. The number of rotatable bonds is 2. The second-order valence-electron chi connectivity index (χ2n) is 6.01. The number of hydrogen-bond donors (Lipinski definition) is 1. The Bertz CT molecular complexity index is 391. The van der Waals surface area contributed by atoms with Crippen LogP contribution < -0.4 is 5.32 Å². The number of hydrogen-bond acceptors (Lipinski definition) is 4. The monoisotopic (exact) mass is 248 g/mol. The van der Waals surface area contributed by atoms with Crippen molar-refractivity contribution in [3.63, 3.8) is 0 Å². The molecule has 4 nitrogen and oxygen atoms in total. The van der Waals surface area contributed by atoms with Crippen LogP contribution in [0.25, 0.3) is 0 Å². The molecule has 2 rings (SSSR count). The summed E-state index contributed by atoms with van der Waals surface area (Å²) >= 11 is 0. The van der Waals surface area contributed by atoms with Crippen molar-refractivity contribution < 1.29 is 0 Å². The summed E-state index contributed by atoms with van der Waals surface area (Å²) in [6, 6.07) is 2.32. The van der Waals surface area contributed by atoms with Gasteiger partial charge in [0.1, 0.15) is 5.82 Å². The Kier molecular flexibility index (Phi) is 3.97. The van der Waals surface area contributed by atoms with E-state index in [-0.39, 0.29) is 5.41 Å². The van der Waals surface area contributed by atoms with E-state index in [4.69, 9.17) is 4.98 Å². The van der Waals surface area contributed by atoms with Crippen molar-refractivity contribution in [2.75, 3.05) is 26.2 Å². The summed E-state index contributed by atoms with van der Waals surface area (Å²) in [6.07, 6.45) is 1.89. The molecule has 1 aromatic heterocycles. The summed E-state index contributed by atoms with van der Waals surface area (Å²) in [5.41, 5.74) is 1.20. The zero-order chi connectivity index (χ0) is 13.2. The van der Waals surface area contributed by atoms with Crippen LogP contribution >= 0.6 is 0 Å². The Morgan fingerprint density at radius 2 is 1.94 bits per heavy atom. The Balaban J connectivity index is 2.17. The van der Waals surface area contributed by atoms with Gasteiger partial charge in [-0.3, -0.25) is 4.90 Å². The molecule has 1 fully saturated rings. The highest BCUT2D eigenvalue weighted by atomic mass is 15.2. The Morgan fingerprint density at radius 1 is 1.28 bits per heavy atom. The molecular formula is C14H24N4. The number of nitrogens with zero attached hydrogens (tertiary/aromatic N) is 3. The highest BCUT2D eigenvalue weighted by Crippen LogP contribution is 2.22. The van der Waals surface area contributed by atoms with E-state index in [1.165, 1.54) is 0 Å². The molecule has 4 heteroatoms. The zero-order valence-corrected chi connectivity index (χ0v) is 11.9. The lowest BCUT2D eigenvalue weighted by Gasteiger charge is -2.32. The van der Waals surface area contributed by atoms with Crippen LogP contribution in [0.5, 0.6) is 0 Å². The largest absolute Gasteiger partial charge is 0.314 e. The lowest BCUT2D eigenvalue weighted by Crippen LogP contribution is -2.44. The van der Waals surface area contributed by atoms with E-state index >= 15 is 0 Å². The van der Waals surface area contributed by atoms with Gasteiger partial charge in [-0.15, -0.1) is 0 Å². The first-order valence-electron chi connectivity index (χ1n) is 6.76. The summed E-state index contributed by atoms with van der Waals surface area (Å²) in [5.74, 6) is 0.948.